The number of guanidine groups is 1. The maximum Gasteiger partial charge on any atom is 0.411 e. The lowest BCUT2D eigenvalue weighted by molar-refractivity contribution is -0.173. The molecular formula is C16H23F4N3O. The first-order valence-corrected chi connectivity index (χ1v) is 7.66. The molecule has 0 aliphatic heterocycles. The number of ether oxygens (including phenoxy) is 1. The summed E-state index contributed by atoms with van der Waals surface area (Å²) in [6.45, 7) is 1.71. The van der Waals surface area contributed by atoms with Crippen molar-refractivity contribution in [3.63, 3.8) is 0 Å². The highest BCUT2D eigenvalue weighted by atomic mass is 19.4. The van der Waals surface area contributed by atoms with Crippen LogP contribution in [0.15, 0.2) is 23.2 Å². The lowest BCUT2D eigenvalue weighted by atomic mass is 10.1. The fourth-order valence-electron chi connectivity index (χ4n) is 2.04. The van der Waals surface area contributed by atoms with Gasteiger partial charge in [-0.1, -0.05) is 6.07 Å². The van der Waals surface area contributed by atoms with E-state index in [4.69, 9.17) is 0 Å². The average molecular weight is 349 g/mol. The van der Waals surface area contributed by atoms with E-state index < -0.39 is 12.8 Å². The molecule has 0 amide bonds. The van der Waals surface area contributed by atoms with Crippen molar-refractivity contribution in [3.05, 3.63) is 35.1 Å². The van der Waals surface area contributed by atoms with Gasteiger partial charge in [0.25, 0.3) is 0 Å². The second kappa shape index (κ2) is 10.1. The predicted octanol–water partition coefficient (Wildman–Crippen LogP) is 2.81. The van der Waals surface area contributed by atoms with Crippen LogP contribution in [0.2, 0.25) is 0 Å². The molecule has 4 nitrogen and oxygen atoms in total. The molecule has 0 radical (unpaired) electrons. The Labute approximate surface area is 139 Å². The summed E-state index contributed by atoms with van der Waals surface area (Å²) in [6.07, 6.45) is -3.14. The molecule has 1 rings (SSSR count). The van der Waals surface area contributed by atoms with Gasteiger partial charge in [0.1, 0.15) is 12.4 Å². The van der Waals surface area contributed by atoms with Gasteiger partial charge in [-0.05, 0) is 43.0 Å². The number of aliphatic imine (C=N–C) groups is 1. The molecule has 8 heteroatoms. The minimum absolute atomic E-state index is 0.0261. The van der Waals surface area contributed by atoms with Crippen molar-refractivity contribution in [1.82, 2.24) is 10.6 Å². The molecule has 0 aliphatic rings. The van der Waals surface area contributed by atoms with Gasteiger partial charge in [-0.25, -0.2) is 4.39 Å². The molecule has 0 aromatic heterocycles. The van der Waals surface area contributed by atoms with Crippen LogP contribution < -0.4 is 10.6 Å². The number of benzene rings is 1. The van der Waals surface area contributed by atoms with Gasteiger partial charge >= 0.3 is 6.18 Å². The summed E-state index contributed by atoms with van der Waals surface area (Å²) >= 11 is 0. The molecule has 0 spiro atoms. The van der Waals surface area contributed by atoms with Crippen LogP contribution in [0, 0.1) is 12.7 Å². The van der Waals surface area contributed by atoms with Crippen LogP contribution >= 0.6 is 0 Å². The van der Waals surface area contributed by atoms with E-state index in [1.54, 1.807) is 13.1 Å². The molecule has 0 unspecified atom stereocenters. The second-order valence-electron chi connectivity index (χ2n) is 5.27. The Morgan fingerprint density at radius 1 is 1.21 bits per heavy atom. The highest BCUT2D eigenvalue weighted by Gasteiger charge is 2.27. The topological polar surface area (TPSA) is 45.7 Å². The molecule has 0 saturated carbocycles. The molecule has 2 N–H and O–H groups in total. The van der Waals surface area contributed by atoms with Crippen LogP contribution in [0.25, 0.3) is 0 Å². The van der Waals surface area contributed by atoms with E-state index in [1.807, 2.05) is 6.92 Å². The summed E-state index contributed by atoms with van der Waals surface area (Å²) in [5, 5.41) is 6.09. The first-order valence-electron chi connectivity index (χ1n) is 7.66. The highest BCUT2D eigenvalue weighted by Crippen LogP contribution is 2.14. The third-order valence-electron chi connectivity index (χ3n) is 3.24. The lowest BCUT2D eigenvalue weighted by Crippen LogP contribution is -2.39. The number of alkyl halides is 3. The first kappa shape index (κ1) is 20.2. The zero-order valence-electron chi connectivity index (χ0n) is 13.8. The van der Waals surface area contributed by atoms with Gasteiger partial charge in [0.05, 0.1) is 0 Å². The van der Waals surface area contributed by atoms with Gasteiger partial charge in [0.2, 0.25) is 0 Å². The second-order valence-corrected chi connectivity index (χ2v) is 5.27. The standard InChI is InChI=1S/C16H23F4N3O/c1-12-10-14(17)5-4-13(12)6-8-23-15(21-2)22-7-3-9-24-11-16(18,19)20/h4-5,10H,3,6-9,11H2,1-2H3,(H2,21,22,23). The van der Waals surface area contributed by atoms with Gasteiger partial charge < -0.3 is 15.4 Å². The lowest BCUT2D eigenvalue weighted by Gasteiger charge is -2.13. The van der Waals surface area contributed by atoms with Gasteiger partial charge in [0.15, 0.2) is 5.96 Å². The molecule has 0 bridgehead atoms. The van der Waals surface area contributed by atoms with Gasteiger partial charge in [-0.15, -0.1) is 0 Å². The molecular weight excluding hydrogens is 326 g/mol. The molecule has 1 aromatic rings. The average Bonchev–Trinajstić information content (AvgIpc) is 2.49. The van der Waals surface area contributed by atoms with Gasteiger partial charge in [-0.2, -0.15) is 13.2 Å². The smallest absolute Gasteiger partial charge is 0.372 e. The molecule has 1 aromatic carbocycles. The van der Waals surface area contributed by atoms with Crippen molar-refractivity contribution in [1.29, 1.82) is 0 Å². The van der Waals surface area contributed by atoms with Crippen LogP contribution in [-0.2, 0) is 11.2 Å². The van der Waals surface area contributed by atoms with Crippen molar-refractivity contribution >= 4 is 5.96 Å². The number of hydrogen-bond donors (Lipinski definition) is 2. The molecule has 0 atom stereocenters. The molecule has 0 fully saturated rings. The number of aryl methyl sites for hydroxylation is 1. The largest absolute Gasteiger partial charge is 0.411 e. The van der Waals surface area contributed by atoms with Crippen molar-refractivity contribution in [2.75, 3.05) is 33.4 Å². The Morgan fingerprint density at radius 2 is 1.92 bits per heavy atom. The van der Waals surface area contributed by atoms with Gasteiger partial charge in [0, 0.05) is 26.7 Å². The summed E-state index contributed by atoms with van der Waals surface area (Å²) in [7, 11) is 1.61. The summed E-state index contributed by atoms with van der Waals surface area (Å²) in [5.41, 5.74) is 1.93. The minimum atomic E-state index is -4.29. The number of halogens is 4. The van der Waals surface area contributed by atoms with E-state index in [-0.39, 0.29) is 12.4 Å². The van der Waals surface area contributed by atoms with E-state index >= 15 is 0 Å². The van der Waals surface area contributed by atoms with Crippen LogP contribution in [0.4, 0.5) is 17.6 Å². The van der Waals surface area contributed by atoms with Crippen LogP contribution in [-0.4, -0.2) is 45.5 Å². The van der Waals surface area contributed by atoms with Crippen LogP contribution in [0.1, 0.15) is 17.5 Å². The van der Waals surface area contributed by atoms with Crippen molar-refractivity contribution in [3.8, 4) is 0 Å². The van der Waals surface area contributed by atoms with Crippen LogP contribution in [0.3, 0.4) is 0 Å². The number of rotatable bonds is 8. The van der Waals surface area contributed by atoms with Crippen molar-refractivity contribution < 1.29 is 22.3 Å². The fourth-order valence-corrected chi connectivity index (χ4v) is 2.04. The first-order chi connectivity index (χ1) is 11.3. The number of nitrogens with one attached hydrogen (secondary N) is 2. The molecule has 136 valence electrons. The molecule has 0 aliphatic carbocycles. The van der Waals surface area contributed by atoms with Crippen molar-refractivity contribution in [2.45, 2.75) is 25.9 Å². The Morgan fingerprint density at radius 3 is 2.54 bits per heavy atom. The van der Waals surface area contributed by atoms with Gasteiger partial charge in [-0.3, -0.25) is 4.99 Å². The van der Waals surface area contributed by atoms with E-state index in [0.717, 1.165) is 11.1 Å². The van der Waals surface area contributed by atoms with E-state index in [1.165, 1.54) is 12.1 Å². The summed E-state index contributed by atoms with van der Waals surface area (Å²) in [4.78, 5) is 4.03. The molecule has 0 heterocycles. The predicted molar refractivity (Wildman–Crippen MR) is 85.7 cm³/mol. The Hall–Kier alpha value is -1.83. The number of nitrogens with zero attached hydrogens (tertiary/aromatic N) is 1. The Balaban J connectivity index is 2.19. The minimum Gasteiger partial charge on any atom is -0.372 e. The Kier molecular flexibility index (Phi) is 8.53. The zero-order chi connectivity index (χ0) is 18.0. The Bertz CT molecular complexity index is 533. The maximum absolute atomic E-state index is 13.0. The molecule has 0 saturated heterocycles. The monoisotopic (exact) mass is 349 g/mol. The quantitative estimate of drug-likeness (QED) is 0.328. The third kappa shape index (κ3) is 8.71. The zero-order valence-corrected chi connectivity index (χ0v) is 13.8. The summed E-state index contributed by atoms with van der Waals surface area (Å²) < 4.78 is 53.2. The van der Waals surface area contributed by atoms with E-state index in [0.29, 0.717) is 31.9 Å². The SMILES string of the molecule is CN=C(NCCCOCC(F)(F)F)NCCc1ccc(F)cc1C. The summed E-state index contributed by atoms with van der Waals surface area (Å²) in [5.74, 6) is 0.306. The van der Waals surface area contributed by atoms with Crippen molar-refractivity contribution in [2.24, 2.45) is 4.99 Å². The third-order valence-corrected chi connectivity index (χ3v) is 3.24. The number of hydrogen-bond acceptors (Lipinski definition) is 2. The van der Waals surface area contributed by atoms with E-state index in [9.17, 15) is 17.6 Å². The maximum atomic E-state index is 13.0. The molecule has 24 heavy (non-hydrogen) atoms. The normalized spacial score (nSPS) is 12.3. The van der Waals surface area contributed by atoms with Crippen LogP contribution in [0.5, 0.6) is 0 Å². The van der Waals surface area contributed by atoms with E-state index in [2.05, 4.69) is 20.4 Å². The summed E-state index contributed by atoms with van der Waals surface area (Å²) in [6, 6.07) is 4.67. The highest BCUT2D eigenvalue weighted by molar-refractivity contribution is 5.79. The fraction of sp³-hybridized carbons (Fsp3) is 0.562.